The Morgan fingerprint density at radius 3 is 2.54 bits per heavy atom. The van der Waals surface area contributed by atoms with Crippen LogP contribution in [-0.4, -0.2) is 65.3 Å². The fraction of sp³-hybridized carbons (Fsp3) is 0.677. The van der Waals surface area contributed by atoms with E-state index in [1.165, 1.54) is 16.2 Å². The van der Waals surface area contributed by atoms with E-state index in [9.17, 15) is 24.2 Å². The fourth-order valence-electron chi connectivity index (χ4n) is 8.31. The summed E-state index contributed by atoms with van der Waals surface area (Å²) in [7, 11) is 2.57. The highest BCUT2D eigenvalue weighted by Gasteiger charge is 2.64. The summed E-state index contributed by atoms with van der Waals surface area (Å²) in [5.41, 5.74) is 0.647. The normalized spacial score (nSPS) is 36.5. The molecule has 218 valence electrons. The average Bonchev–Trinajstić information content (AvgIpc) is 3.43. The second-order valence-electron chi connectivity index (χ2n) is 12.2. The largest absolute Gasteiger partial charge is 0.499 e. The molecule has 8 heteroatoms. The van der Waals surface area contributed by atoms with Crippen LogP contribution in [-0.2, 0) is 16.1 Å². The summed E-state index contributed by atoms with van der Waals surface area (Å²) < 4.78 is 9.50. The predicted molar refractivity (Wildman–Crippen MR) is 153 cm³/mol. The van der Waals surface area contributed by atoms with Crippen LogP contribution in [0.5, 0.6) is 5.06 Å². The van der Waals surface area contributed by atoms with Crippen LogP contribution in [0, 0.1) is 40.4 Å². The van der Waals surface area contributed by atoms with Crippen LogP contribution >= 0.6 is 11.3 Å². The molecule has 3 saturated carbocycles. The van der Waals surface area contributed by atoms with E-state index in [1.807, 2.05) is 12.1 Å². The van der Waals surface area contributed by atoms with Gasteiger partial charge in [-0.3, -0.25) is 14.0 Å². The van der Waals surface area contributed by atoms with Gasteiger partial charge in [-0.15, -0.1) is 11.3 Å². The number of carbonyl (C=O) groups excluding carboxylic acids is 2. The number of carbonyl (C=O) groups is 2. The molecule has 3 fully saturated rings. The zero-order valence-corrected chi connectivity index (χ0v) is 25.0. The van der Waals surface area contributed by atoms with E-state index in [4.69, 9.17) is 5.11 Å². The highest BCUT2D eigenvalue weighted by molar-refractivity contribution is 7.13. The molecule has 0 amide bonds. The van der Waals surface area contributed by atoms with Gasteiger partial charge in [0.15, 0.2) is 16.6 Å². The summed E-state index contributed by atoms with van der Waals surface area (Å²) in [6, 6.07) is 3.70. The second kappa shape index (κ2) is 12.8. The Morgan fingerprint density at radius 1 is 1.26 bits per heavy atom. The molecule has 1 aromatic heterocycles. The van der Waals surface area contributed by atoms with Crippen LogP contribution in [0.4, 0.5) is 4.39 Å². The summed E-state index contributed by atoms with van der Waals surface area (Å²) >= 11 is 1.45. The highest BCUT2D eigenvalue weighted by atomic mass is 32.1. The zero-order chi connectivity index (χ0) is 29.1. The lowest BCUT2D eigenvalue weighted by molar-refractivity contribution is -0.142. The summed E-state index contributed by atoms with van der Waals surface area (Å²) in [6.45, 7) is 10.1. The zero-order valence-electron chi connectivity index (χ0n) is 24.2. The first-order chi connectivity index (χ1) is 18.4. The van der Waals surface area contributed by atoms with Crippen molar-refractivity contribution in [3.63, 3.8) is 0 Å². The Balaban J connectivity index is 0.000000272. The molecule has 1 aromatic rings. The molecule has 7 unspecified atom stereocenters. The summed E-state index contributed by atoms with van der Waals surface area (Å²) in [4.78, 5) is 27.7. The van der Waals surface area contributed by atoms with Crippen LogP contribution in [0.15, 0.2) is 35.9 Å². The molecule has 1 heterocycles. The standard InChI is InChI=1S/C22H30O4.C8H13NOS.CH3F/c1-12-8-16-15-5-4-13-9-14(24)6-7-21(13,2)20(15)17(25)10-22(16,3)19(12)18(26)11-23;1-3-9(2)6-7-4-5-8(10)11-7;1-2/h6-7,9,12,15-17,19-20,23,25H,4-5,8,10-11H2,1-3H3;4-5,10H,3,6H2,1-2H3;1H3/t12-,15?,16?,17?,19?,20?,21?,22?;;/m1../s1. The van der Waals surface area contributed by atoms with Crippen molar-refractivity contribution in [3.8, 4) is 5.06 Å². The van der Waals surface area contributed by atoms with Crippen LogP contribution in [0.2, 0.25) is 0 Å². The van der Waals surface area contributed by atoms with Gasteiger partial charge in [0.05, 0.1) is 13.3 Å². The minimum absolute atomic E-state index is 0.0501. The number of ketones is 2. The molecule has 8 atom stereocenters. The Kier molecular flexibility index (Phi) is 10.4. The molecule has 39 heavy (non-hydrogen) atoms. The molecular weight excluding hydrogens is 517 g/mol. The van der Waals surface area contributed by atoms with Gasteiger partial charge >= 0.3 is 0 Å². The maximum atomic E-state index is 12.5. The third-order valence-corrected chi connectivity index (χ3v) is 10.8. The van der Waals surface area contributed by atoms with Crippen molar-refractivity contribution in [2.45, 2.75) is 66.0 Å². The number of halogens is 1. The van der Waals surface area contributed by atoms with Crippen molar-refractivity contribution in [3.05, 3.63) is 40.8 Å². The molecule has 0 aromatic carbocycles. The maximum Gasteiger partial charge on any atom is 0.178 e. The highest BCUT2D eigenvalue weighted by Crippen LogP contribution is 2.67. The number of hydrogen-bond donors (Lipinski definition) is 3. The second-order valence-corrected chi connectivity index (χ2v) is 13.3. The average molecular weight is 564 g/mol. The Labute approximate surface area is 236 Å². The van der Waals surface area contributed by atoms with E-state index in [-0.39, 0.29) is 40.2 Å². The summed E-state index contributed by atoms with van der Waals surface area (Å²) in [5, 5.41) is 30.1. The number of hydrogen-bond acceptors (Lipinski definition) is 7. The van der Waals surface area contributed by atoms with E-state index in [0.717, 1.165) is 37.9 Å². The lowest BCUT2D eigenvalue weighted by atomic mass is 9.46. The van der Waals surface area contributed by atoms with Gasteiger partial charge in [-0.1, -0.05) is 39.3 Å². The Morgan fingerprint density at radius 2 is 1.95 bits per heavy atom. The van der Waals surface area contributed by atoms with Gasteiger partial charge < -0.3 is 20.2 Å². The first-order valence-electron chi connectivity index (χ1n) is 14.0. The van der Waals surface area contributed by atoms with Crippen LogP contribution in [0.25, 0.3) is 0 Å². The van der Waals surface area contributed by atoms with E-state index >= 15 is 0 Å². The number of aromatic hydroxyl groups is 1. The SMILES string of the molecule is CCN(C)Cc1ccc(O)s1.CF.C[C@@H]1CC2C3CCC4=CC(=O)C=CC4(C)C3C(O)CC2(C)C1C(=O)CO. The van der Waals surface area contributed by atoms with Crippen LogP contribution in [0.3, 0.4) is 0 Å². The predicted octanol–water partition coefficient (Wildman–Crippen LogP) is 5.18. The molecule has 0 radical (unpaired) electrons. The first-order valence-corrected chi connectivity index (χ1v) is 14.9. The molecule has 0 spiro atoms. The molecule has 4 aliphatic carbocycles. The van der Waals surface area contributed by atoms with Gasteiger partial charge in [-0.05, 0) is 86.7 Å². The van der Waals surface area contributed by atoms with Crippen molar-refractivity contribution in [1.82, 2.24) is 4.90 Å². The van der Waals surface area contributed by atoms with Gasteiger partial charge in [0.25, 0.3) is 0 Å². The fourth-order valence-corrected chi connectivity index (χ4v) is 9.13. The van der Waals surface area contributed by atoms with Crippen molar-refractivity contribution in [2.24, 2.45) is 40.4 Å². The minimum atomic E-state index is -0.493. The van der Waals surface area contributed by atoms with E-state index in [1.54, 1.807) is 18.2 Å². The molecule has 0 aliphatic heterocycles. The number of rotatable bonds is 5. The van der Waals surface area contributed by atoms with Crippen LogP contribution < -0.4 is 0 Å². The number of thiophene rings is 1. The molecule has 4 aliphatic rings. The number of fused-ring (bicyclic) bond motifs is 5. The van der Waals surface area contributed by atoms with Crippen molar-refractivity contribution >= 4 is 22.9 Å². The summed E-state index contributed by atoms with van der Waals surface area (Å²) in [6.07, 6.45) is 8.39. The number of allylic oxidation sites excluding steroid dienone is 4. The van der Waals surface area contributed by atoms with Crippen molar-refractivity contribution < 1.29 is 29.3 Å². The number of Topliss-reactive ketones (excluding diaryl/α,β-unsaturated/α-hetero) is 1. The smallest absolute Gasteiger partial charge is 0.178 e. The van der Waals surface area contributed by atoms with Crippen molar-refractivity contribution in [1.29, 1.82) is 0 Å². The summed E-state index contributed by atoms with van der Waals surface area (Å²) in [5.74, 6) is 0.886. The first kappa shape index (κ1) is 31.7. The number of alkyl halides is 1. The quantitative estimate of drug-likeness (QED) is 0.457. The molecule has 0 saturated heterocycles. The minimum Gasteiger partial charge on any atom is -0.499 e. The van der Waals surface area contributed by atoms with Gasteiger partial charge in [0.2, 0.25) is 0 Å². The monoisotopic (exact) mass is 563 g/mol. The molecule has 5 rings (SSSR count). The van der Waals surface area contributed by atoms with Crippen molar-refractivity contribution in [2.75, 3.05) is 27.4 Å². The van der Waals surface area contributed by atoms with Gasteiger partial charge in [-0.2, -0.15) is 0 Å². The van der Waals surface area contributed by atoms with Gasteiger partial charge in [-0.25, -0.2) is 0 Å². The third-order valence-electron chi connectivity index (χ3n) is 9.95. The molecule has 3 N–H and O–H groups in total. The molecule has 0 bridgehead atoms. The van der Waals surface area contributed by atoms with Gasteiger partial charge in [0, 0.05) is 28.7 Å². The van der Waals surface area contributed by atoms with E-state index in [2.05, 4.69) is 39.6 Å². The van der Waals surface area contributed by atoms with Gasteiger partial charge in [0.1, 0.15) is 6.61 Å². The Bertz CT molecular complexity index is 1080. The maximum absolute atomic E-state index is 12.5. The molecular formula is C31H46FNO5S. The third kappa shape index (κ3) is 6.09. The number of nitrogens with zero attached hydrogens (tertiary/aromatic N) is 1. The molecule has 6 nitrogen and oxygen atoms in total. The lowest BCUT2D eigenvalue weighted by Crippen LogP contribution is -2.56. The van der Waals surface area contributed by atoms with E-state index < -0.39 is 12.7 Å². The van der Waals surface area contributed by atoms with Crippen LogP contribution in [0.1, 0.15) is 58.3 Å². The Hall–Kier alpha value is -1.87. The number of aliphatic hydroxyl groups excluding tert-OH is 2. The lowest BCUT2D eigenvalue weighted by Gasteiger charge is -2.58. The number of aliphatic hydroxyl groups is 2. The topological polar surface area (TPSA) is 98.1 Å². The van der Waals surface area contributed by atoms with E-state index in [0.29, 0.717) is 30.5 Å².